The molecule has 11 heavy (non-hydrogen) atoms. The molecule has 0 amide bonds. The molecule has 0 aliphatic carbocycles. The normalized spacial score (nSPS) is 21.0. The highest BCUT2D eigenvalue weighted by Crippen LogP contribution is 2.01. The van der Waals surface area contributed by atoms with Crippen molar-refractivity contribution in [2.24, 2.45) is 0 Å². The average Bonchev–Trinajstić information content (AvgIpc) is 2.46. The molecule has 0 bridgehead atoms. The molecule has 0 radical (unpaired) electrons. The second-order valence-corrected chi connectivity index (χ2v) is 2.70. The molecule has 0 aromatic rings. The Kier molecular flexibility index (Phi) is 15.5. The predicted octanol–water partition coefficient (Wildman–Crippen LogP) is 3.20. The number of nitrogens with one attached hydrogen (secondary N) is 1. The molecule has 1 saturated heterocycles. The molecule has 70 valence electrons. The summed E-state index contributed by atoms with van der Waals surface area (Å²) in [5, 5.41) is 3.32. The van der Waals surface area contributed by atoms with Gasteiger partial charge in [-0.25, -0.2) is 0 Å². The molecule has 0 aromatic carbocycles. The van der Waals surface area contributed by atoms with Crippen LogP contribution in [0, 0.1) is 0 Å². The van der Waals surface area contributed by atoms with Crippen molar-refractivity contribution in [3.8, 4) is 0 Å². The summed E-state index contributed by atoms with van der Waals surface area (Å²) in [4.78, 5) is 0. The van der Waals surface area contributed by atoms with E-state index in [2.05, 4.69) is 26.1 Å². The third kappa shape index (κ3) is 13.0. The summed E-state index contributed by atoms with van der Waals surface area (Å²) in [6, 6.07) is 0.796. The molecule has 0 aromatic heterocycles. The second-order valence-electron chi connectivity index (χ2n) is 2.70. The van der Waals surface area contributed by atoms with Gasteiger partial charge in [0, 0.05) is 6.04 Å². The van der Waals surface area contributed by atoms with E-state index >= 15 is 0 Å². The van der Waals surface area contributed by atoms with Gasteiger partial charge in [-0.1, -0.05) is 34.1 Å². The molecule has 1 atom stereocenters. The molecule has 1 N–H and O–H groups in total. The summed E-state index contributed by atoms with van der Waals surface area (Å²) < 4.78 is 0. The predicted molar refractivity (Wildman–Crippen MR) is 54.0 cm³/mol. The molecule has 0 saturated carbocycles. The van der Waals surface area contributed by atoms with Crippen LogP contribution in [0.3, 0.4) is 0 Å². The van der Waals surface area contributed by atoms with Crippen LogP contribution in [0.2, 0.25) is 0 Å². The minimum absolute atomic E-state index is 0.796. The molecule has 1 heteroatoms. The van der Waals surface area contributed by atoms with Gasteiger partial charge in [0.2, 0.25) is 0 Å². The van der Waals surface area contributed by atoms with E-state index in [0.29, 0.717) is 0 Å². The molecule has 1 rings (SSSR count). The lowest BCUT2D eigenvalue weighted by Gasteiger charge is -1.95. The summed E-state index contributed by atoms with van der Waals surface area (Å²) in [6.07, 6.45) is 4.00. The smallest absolute Gasteiger partial charge is 0.00391 e. The number of hydrogen-bond acceptors (Lipinski definition) is 1. The minimum atomic E-state index is 0.796. The van der Waals surface area contributed by atoms with Crippen LogP contribution in [0.4, 0.5) is 0 Å². The summed E-state index contributed by atoms with van der Waals surface area (Å²) >= 11 is 0. The zero-order chi connectivity index (χ0) is 9.11. The maximum atomic E-state index is 3.32. The summed E-state index contributed by atoms with van der Waals surface area (Å²) in [5.41, 5.74) is 0. The lowest BCUT2D eigenvalue weighted by Crippen LogP contribution is -2.16. The van der Waals surface area contributed by atoms with Crippen LogP contribution in [0.15, 0.2) is 0 Å². The van der Waals surface area contributed by atoms with E-state index < -0.39 is 0 Å². The fraction of sp³-hybridized carbons (Fsp3) is 1.00. The number of rotatable bonds is 0. The Morgan fingerprint density at radius 2 is 1.73 bits per heavy atom. The second kappa shape index (κ2) is 12.6. The number of hydrogen-bond donors (Lipinski definition) is 1. The van der Waals surface area contributed by atoms with Gasteiger partial charge in [-0.15, -0.1) is 0 Å². The highest BCUT2D eigenvalue weighted by Gasteiger charge is 2.05. The molecule has 1 aliphatic heterocycles. The first-order valence-corrected chi connectivity index (χ1v) is 5.04. The fourth-order valence-corrected chi connectivity index (χ4v) is 0.859. The average molecular weight is 159 g/mol. The van der Waals surface area contributed by atoms with Crippen LogP contribution in [0.5, 0.6) is 0 Å². The van der Waals surface area contributed by atoms with Crippen molar-refractivity contribution in [3.05, 3.63) is 0 Å². The Bertz CT molecular complexity index is 46.8. The van der Waals surface area contributed by atoms with Gasteiger partial charge in [0.15, 0.2) is 0 Å². The van der Waals surface area contributed by atoms with E-state index in [1.54, 1.807) is 0 Å². The Labute approximate surface area is 72.6 Å². The van der Waals surface area contributed by atoms with E-state index in [9.17, 15) is 0 Å². The van der Waals surface area contributed by atoms with Crippen molar-refractivity contribution in [2.75, 3.05) is 6.54 Å². The molecule has 0 spiro atoms. The van der Waals surface area contributed by atoms with Gasteiger partial charge in [-0.05, 0) is 26.3 Å². The van der Waals surface area contributed by atoms with Crippen LogP contribution < -0.4 is 5.32 Å². The molecular weight excluding hydrogens is 134 g/mol. The summed E-state index contributed by atoms with van der Waals surface area (Å²) in [7, 11) is 0. The lowest BCUT2D eigenvalue weighted by atomic mass is 10.3. The van der Waals surface area contributed by atoms with Gasteiger partial charge in [-0.2, -0.15) is 0 Å². The highest BCUT2D eigenvalue weighted by molar-refractivity contribution is 4.67. The van der Waals surface area contributed by atoms with Crippen molar-refractivity contribution >= 4 is 0 Å². The monoisotopic (exact) mass is 159 g/mol. The standard InChI is InChI=1S/C5H11N.C3H8.C2H6/c1-5-3-2-4-6-5;1-3-2;1-2/h5-6H,2-4H2,1H3;3H2,1-2H3;1-2H3/t5-;;/m1../s1. The van der Waals surface area contributed by atoms with Gasteiger partial charge < -0.3 is 5.32 Å². The van der Waals surface area contributed by atoms with Gasteiger partial charge in [0.1, 0.15) is 0 Å². The van der Waals surface area contributed by atoms with Crippen molar-refractivity contribution in [3.63, 3.8) is 0 Å². The highest BCUT2D eigenvalue weighted by atomic mass is 14.9. The van der Waals surface area contributed by atoms with Gasteiger partial charge in [0.05, 0.1) is 0 Å². The minimum Gasteiger partial charge on any atom is -0.314 e. The first kappa shape index (κ1) is 13.5. The van der Waals surface area contributed by atoms with Crippen molar-refractivity contribution in [2.45, 2.75) is 59.9 Å². The van der Waals surface area contributed by atoms with Gasteiger partial charge in [0.25, 0.3) is 0 Å². The Balaban J connectivity index is 0. The zero-order valence-corrected chi connectivity index (χ0v) is 8.91. The largest absolute Gasteiger partial charge is 0.314 e. The lowest BCUT2D eigenvalue weighted by molar-refractivity contribution is 0.664. The topological polar surface area (TPSA) is 12.0 Å². The molecule has 1 nitrogen and oxygen atoms in total. The third-order valence-corrected chi connectivity index (χ3v) is 1.31. The molecule has 1 aliphatic rings. The van der Waals surface area contributed by atoms with Gasteiger partial charge >= 0.3 is 0 Å². The Morgan fingerprint density at radius 3 is 1.82 bits per heavy atom. The summed E-state index contributed by atoms with van der Waals surface area (Å²) in [5.74, 6) is 0. The molecular formula is C10H25N. The third-order valence-electron chi connectivity index (χ3n) is 1.31. The van der Waals surface area contributed by atoms with Crippen LogP contribution in [0.25, 0.3) is 0 Å². The maximum absolute atomic E-state index is 3.32. The first-order valence-electron chi connectivity index (χ1n) is 5.04. The maximum Gasteiger partial charge on any atom is 0.00391 e. The van der Waals surface area contributed by atoms with Crippen LogP contribution in [-0.2, 0) is 0 Å². The zero-order valence-electron chi connectivity index (χ0n) is 8.91. The summed E-state index contributed by atoms with van der Waals surface area (Å²) in [6.45, 7) is 11.7. The van der Waals surface area contributed by atoms with E-state index in [4.69, 9.17) is 0 Å². The molecule has 1 fully saturated rings. The Morgan fingerprint density at radius 1 is 1.27 bits per heavy atom. The van der Waals surface area contributed by atoms with E-state index in [1.165, 1.54) is 25.8 Å². The van der Waals surface area contributed by atoms with Crippen molar-refractivity contribution in [1.29, 1.82) is 0 Å². The molecule has 1 heterocycles. The quantitative estimate of drug-likeness (QED) is 0.572. The van der Waals surface area contributed by atoms with E-state index in [-0.39, 0.29) is 0 Å². The molecule has 0 unspecified atom stereocenters. The van der Waals surface area contributed by atoms with Gasteiger partial charge in [-0.3, -0.25) is 0 Å². The Hall–Kier alpha value is -0.0400. The van der Waals surface area contributed by atoms with E-state index in [0.717, 1.165) is 6.04 Å². The van der Waals surface area contributed by atoms with Crippen molar-refractivity contribution < 1.29 is 0 Å². The van der Waals surface area contributed by atoms with Crippen LogP contribution >= 0.6 is 0 Å². The van der Waals surface area contributed by atoms with Crippen LogP contribution in [0.1, 0.15) is 53.9 Å². The van der Waals surface area contributed by atoms with Crippen LogP contribution in [-0.4, -0.2) is 12.6 Å². The first-order chi connectivity index (χ1) is 5.31. The SMILES string of the molecule is CC.CCC.C[C@@H]1CCCN1. The van der Waals surface area contributed by atoms with Crippen molar-refractivity contribution in [1.82, 2.24) is 5.32 Å². The fourth-order valence-electron chi connectivity index (χ4n) is 0.859. The van der Waals surface area contributed by atoms with E-state index in [1.807, 2.05) is 13.8 Å².